The van der Waals surface area contributed by atoms with Crippen LogP contribution in [0.1, 0.15) is 11.4 Å². The number of nitrogens with zero attached hydrogens (tertiary/aromatic N) is 2. The number of halogens is 1. The summed E-state index contributed by atoms with van der Waals surface area (Å²) >= 11 is 7.62. The number of fused-ring (bicyclic) bond motifs is 1. The maximum atomic E-state index is 5.95. The summed E-state index contributed by atoms with van der Waals surface area (Å²) in [6.07, 6.45) is 1.83. The van der Waals surface area contributed by atoms with Gasteiger partial charge in [0.1, 0.15) is 5.82 Å². The van der Waals surface area contributed by atoms with Crippen molar-refractivity contribution in [1.82, 2.24) is 15.0 Å². The summed E-state index contributed by atoms with van der Waals surface area (Å²) < 4.78 is 0. The molecular formula is C14H12ClN3S. The average Bonchev–Trinajstić information content (AvgIpc) is 2.78. The van der Waals surface area contributed by atoms with Crippen molar-refractivity contribution in [3.63, 3.8) is 0 Å². The van der Waals surface area contributed by atoms with Crippen molar-refractivity contribution in [3.8, 4) is 0 Å². The van der Waals surface area contributed by atoms with Crippen LogP contribution in [0.2, 0.25) is 5.02 Å². The third-order valence-corrected chi connectivity index (χ3v) is 3.91. The minimum Gasteiger partial charge on any atom is -0.341 e. The van der Waals surface area contributed by atoms with Gasteiger partial charge in [0.15, 0.2) is 0 Å². The molecule has 3 nitrogen and oxygen atoms in total. The Bertz CT molecular complexity index is 724. The van der Waals surface area contributed by atoms with Gasteiger partial charge in [0.05, 0.1) is 21.8 Å². The predicted molar refractivity (Wildman–Crippen MR) is 79.6 cm³/mol. The zero-order valence-electron chi connectivity index (χ0n) is 10.4. The van der Waals surface area contributed by atoms with Gasteiger partial charge in [0.25, 0.3) is 0 Å². The Morgan fingerprint density at radius 1 is 1.26 bits per heavy atom. The van der Waals surface area contributed by atoms with E-state index in [0.29, 0.717) is 5.02 Å². The second-order valence-corrected chi connectivity index (χ2v) is 5.74. The fourth-order valence-corrected chi connectivity index (χ4v) is 2.82. The van der Waals surface area contributed by atoms with Crippen molar-refractivity contribution >= 4 is 34.4 Å². The molecule has 0 fully saturated rings. The van der Waals surface area contributed by atoms with E-state index in [1.54, 1.807) is 11.8 Å². The number of rotatable bonds is 3. The maximum absolute atomic E-state index is 5.95. The maximum Gasteiger partial charge on any atom is 0.117 e. The van der Waals surface area contributed by atoms with E-state index in [1.165, 1.54) is 5.56 Å². The number of aromatic amines is 1. The van der Waals surface area contributed by atoms with Crippen LogP contribution in [0.5, 0.6) is 0 Å². The highest BCUT2D eigenvalue weighted by molar-refractivity contribution is 7.98. The topological polar surface area (TPSA) is 41.6 Å². The second kappa shape index (κ2) is 5.23. The fraction of sp³-hybridized carbons (Fsp3) is 0.143. The van der Waals surface area contributed by atoms with E-state index in [-0.39, 0.29) is 0 Å². The summed E-state index contributed by atoms with van der Waals surface area (Å²) in [4.78, 5) is 12.1. The summed E-state index contributed by atoms with van der Waals surface area (Å²) in [5.41, 5.74) is 3.13. The largest absolute Gasteiger partial charge is 0.341 e. The summed E-state index contributed by atoms with van der Waals surface area (Å²) in [5.74, 6) is 1.70. The molecule has 0 aliphatic carbocycles. The first kappa shape index (κ1) is 12.5. The number of nitrogens with one attached hydrogen (secondary N) is 1. The van der Waals surface area contributed by atoms with Crippen LogP contribution in [0.3, 0.4) is 0 Å². The van der Waals surface area contributed by atoms with Gasteiger partial charge in [-0.05, 0) is 42.8 Å². The van der Waals surface area contributed by atoms with Gasteiger partial charge in [-0.2, -0.15) is 0 Å². The Morgan fingerprint density at radius 3 is 3.00 bits per heavy atom. The van der Waals surface area contributed by atoms with Gasteiger partial charge >= 0.3 is 0 Å². The van der Waals surface area contributed by atoms with E-state index >= 15 is 0 Å². The lowest BCUT2D eigenvalue weighted by Gasteiger charge is -1.99. The van der Waals surface area contributed by atoms with E-state index in [2.05, 4.69) is 27.9 Å². The first-order valence-electron chi connectivity index (χ1n) is 5.90. The van der Waals surface area contributed by atoms with Crippen molar-refractivity contribution in [2.45, 2.75) is 17.7 Å². The Labute approximate surface area is 120 Å². The number of pyridine rings is 1. The van der Waals surface area contributed by atoms with Crippen LogP contribution in [0.15, 0.2) is 41.6 Å². The van der Waals surface area contributed by atoms with Gasteiger partial charge in [-0.25, -0.2) is 9.97 Å². The molecule has 0 unspecified atom stereocenters. The average molecular weight is 290 g/mol. The molecule has 1 N–H and O–H groups in total. The lowest BCUT2D eigenvalue weighted by molar-refractivity contribution is 1.09. The number of benzene rings is 1. The van der Waals surface area contributed by atoms with Crippen LogP contribution < -0.4 is 0 Å². The van der Waals surface area contributed by atoms with Crippen molar-refractivity contribution in [1.29, 1.82) is 0 Å². The summed E-state index contributed by atoms with van der Waals surface area (Å²) in [6, 6.07) is 9.74. The smallest absolute Gasteiger partial charge is 0.117 e. The predicted octanol–water partition coefficient (Wildman–Crippen LogP) is 4.21. The van der Waals surface area contributed by atoms with Gasteiger partial charge in [0, 0.05) is 11.2 Å². The number of imidazole rings is 1. The highest BCUT2D eigenvalue weighted by Gasteiger charge is 2.04. The minimum absolute atomic E-state index is 0.707. The lowest BCUT2D eigenvalue weighted by Crippen LogP contribution is -1.86. The van der Waals surface area contributed by atoms with E-state index in [4.69, 9.17) is 11.6 Å². The number of aromatic nitrogens is 3. The molecular weight excluding hydrogens is 278 g/mol. The normalized spacial score (nSPS) is 11.1. The summed E-state index contributed by atoms with van der Waals surface area (Å²) in [5, 5.41) is 1.72. The van der Waals surface area contributed by atoms with Crippen molar-refractivity contribution in [3.05, 3.63) is 52.9 Å². The Hall–Kier alpha value is -1.52. The number of H-pyrrole nitrogens is 1. The molecule has 0 atom stereocenters. The molecule has 3 rings (SSSR count). The summed E-state index contributed by atoms with van der Waals surface area (Å²) in [6.45, 7) is 2.06. The minimum atomic E-state index is 0.707. The molecule has 0 bridgehead atoms. The molecule has 96 valence electrons. The van der Waals surface area contributed by atoms with Crippen LogP contribution in [-0.4, -0.2) is 15.0 Å². The molecule has 1 aromatic carbocycles. The molecule has 2 aromatic heterocycles. The zero-order valence-corrected chi connectivity index (χ0v) is 11.9. The number of aryl methyl sites for hydroxylation is 1. The fourth-order valence-electron chi connectivity index (χ4n) is 1.83. The van der Waals surface area contributed by atoms with E-state index in [1.807, 2.05) is 30.5 Å². The van der Waals surface area contributed by atoms with Crippen LogP contribution in [0.4, 0.5) is 0 Å². The molecule has 0 amide bonds. The van der Waals surface area contributed by atoms with E-state index in [9.17, 15) is 0 Å². The van der Waals surface area contributed by atoms with Crippen LogP contribution >= 0.6 is 23.4 Å². The Morgan fingerprint density at radius 2 is 2.16 bits per heavy atom. The standard InChI is InChI=1S/C14H12ClN3S/c1-9-4-5-16-14(6-9)19-8-13-17-11-3-2-10(15)7-12(11)18-13/h2-7H,8H2,1H3,(H,17,18). The monoisotopic (exact) mass is 289 g/mol. The highest BCUT2D eigenvalue weighted by atomic mass is 35.5. The molecule has 5 heteroatoms. The Balaban J connectivity index is 1.78. The molecule has 2 heterocycles. The Kier molecular flexibility index (Phi) is 3.44. The van der Waals surface area contributed by atoms with Gasteiger partial charge in [-0.15, -0.1) is 0 Å². The number of hydrogen-bond acceptors (Lipinski definition) is 3. The lowest BCUT2D eigenvalue weighted by atomic mass is 10.3. The van der Waals surface area contributed by atoms with Crippen LogP contribution in [0.25, 0.3) is 11.0 Å². The van der Waals surface area contributed by atoms with E-state index < -0.39 is 0 Å². The molecule has 0 saturated heterocycles. The molecule has 0 radical (unpaired) electrons. The molecule has 0 saturated carbocycles. The highest BCUT2D eigenvalue weighted by Crippen LogP contribution is 2.23. The van der Waals surface area contributed by atoms with Gasteiger partial charge in [-0.3, -0.25) is 0 Å². The number of thioether (sulfide) groups is 1. The zero-order chi connectivity index (χ0) is 13.2. The van der Waals surface area contributed by atoms with Gasteiger partial charge in [0.2, 0.25) is 0 Å². The van der Waals surface area contributed by atoms with Crippen molar-refractivity contribution in [2.75, 3.05) is 0 Å². The third-order valence-electron chi connectivity index (χ3n) is 2.74. The summed E-state index contributed by atoms with van der Waals surface area (Å²) in [7, 11) is 0. The number of hydrogen-bond donors (Lipinski definition) is 1. The molecule has 0 aliphatic rings. The van der Waals surface area contributed by atoms with Crippen molar-refractivity contribution < 1.29 is 0 Å². The SMILES string of the molecule is Cc1ccnc(SCc2nc3cc(Cl)ccc3[nH]2)c1. The van der Waals surface area contributed by atoms with Gasteiger partial charge < -0.3 is 4.98 Å². The van der Waals surface area contributed by atoms with Crippen LogP contribution in [0, 0.1) is 6.92 Å². The first-order valence-corrected chi connectivity index (χ1v) is 7.27. The molecule has 0 aliphatic heterocycles. The first-order chi connectivity index (χ1) is 9.20. The van der Waals surface area contributed by atoms with Crippen LogP contribution in [-0.2, 0) is 5.75 Å². The molecule has 0 spiro atoms. The van der Waals surface area contributed by atoms with Gasteiger partial charge in [-0.1, -0.05) is 23.4 Å². The third kappa shape index (κ3) is 2.91. The molecule has 3 aromatic rings. The second-order valence-electron chi connectivity index (χ2n) is 4.31. The molecule has 19 heavy (non-hydrogen) atoms. The van der Waals surface area contributed by atoms with Crippen molar-refractivity contribution in [2.24, 2.45) is 0 Å². The quantitative estimate of drug-likeness (QED) is 0.734. The van der Waals surface area contributed by atoms with E-state index in [0.717, 1.165) is 27.6 Å².